The van der Waals surface area contributed by atoms with Gasteiger partial charge in [0.05, 0.1) is 11.6 Å². The third-order valence-electron chi connectivity index (χ3n) is 3.13. The van der Waals surface area contributed by atoms with E-state index in [1.807, 2.05) is 0 Å². The minimum atomic E-state index is -4.82. The van der Waals surface area contributed by atoms with Gasteiger partial charge in [0, 0.05) is 6.54 Å². The molecule has 23 heavy (non-hydrogen) atoms. The van der Waals surface area contributed by atoms with E-state index in [4.69, 9.17) is 10.2 Å². The highest BCUT2D eigenvalue weighted by atomic mass is 19.4. The fraction of sp³-hybridized carbons (Fsp3) is 0.429. The van der Waals surface area contributed by atoms with Gasteiger partial charge >= 0.3 is 18.2 Å². The van der Waals surface area contributed by atoms with Crippen LogP contribution in [0.25, 0.3) is 0 Å². The van der Waals surface area contributed by atoms with E-state index in [2.05, 4.69) is 10.6 Å². The lowest BCUT2D eigenvalue weighted by atomic mass is 10.1. The van der Waals surface area contributed by atoms with Crippen LogP contribution in [-0.4, -0.2) is 40.5 Å². The summed E-state index contributed by atoms with van der Waals surface area (Å²) < 4.78 is 37.3. The van der Waals surface area contributed by atoms with Crippen LogP contribution in [0, 0.1) is 0 Å². The fourth-order valence-electron chi connectivity index (χ4n) is 1.80. The Morgan fingerprint density at radius 1 is 1.22 bits per heavy atom. The number of carboxylic acid groups (broad SMARTS) is 1. The Balaban J connectivity index is 2.54. The second-order valence-electron chi connectivity index (χ2n) is 4.83. The van der Waals surface area contributed by atoms with Gasteiger partial charge in [-0.25, -0.2) is 9.59 Å². The molecule has 128 valence electrons. The summed E-state index contributed by atoms with van der Waals surface area (Å²) in [4.78, 5) is 22.3. The van der Waals surface area contributed by atoms with Crippen LogP contribution in [0.5, 0.6) is 0 Å². The van der Waals surface area contributed by atoms with Crippen molar-refractivity contribution in [3.05, 3.63) is 35.4 Å². The Kier molecular flexibility index (Phi) is 6.38. The third-order valence-corrected chi connectivity index (χ3v) is 3.13. The number of hydrogen-bond acceptors (Lipinski definition) is 3. The van der Waals surface area contributed by atoms with E-state index in [1.54, 1.807) is 0 Å². The smallest absolute Gasteiger partial charge is 0.416 e. The maximum atomic E-state index is 12.4. The second-order valence-corrected chi connectivity index (χ2v) is 4.83. The third kappa shape index (κ3) is 5.78. The number of nitrogens with one attached hydrogen (secondary N) is 2. The molecule has 9 heteroatoms. The van der Waals surface area contributed by atoms with Gasteiger partial charge in [-0.15, -0.1) is 0 Å². The zero-order valence-corrected chi connectivity index (χ0v) is 12.2. The molecule has 1 aromatic rings. The SMILES string of the molecule is CCC(NC(=O)NCc1ccc(C(=O)O)cc1)C(O)C(F)(F)F. The second kappa shape index (κ2) is 7.82. The van der Waals surface area contributed by atoms with Gasteiger partial charge in [0.2, 0.25) is 0 Å². The number of carbonyl (C=O) groups excluding carboxylic acids is 1. The lowest BCUT2D eigenvalue weighted by Crippen LogP contribution is -2.52. The number of hydrogen-bond donors (Lipinski definition) is 4. The Morgan fingerprint density at radius 2 is 1.78 bits per heavy atom. The first-order valence-corrected chi connectivity index (χ1v) is 6.76. The molecule has 0 bridgehead atoms. The van der Waals surface area contributed by atoms with Crippen molar-refractivity contribution in [3.8, 4) is 0 Å². The van der Waals surface area contributed by atoms with E-state index in [0.29, 0.717) is 5.56 Å². The summed E-state index contributed by atoms with van der Waals surface area (Å²) >= 11 is 0. The monoisotopic (exact) mass is 334 g/mol. The maximum absolute atomic E-state index is 12.4. The molecule has 0 aliphatic heterocycles. The predicted octanol–water partition coefficient (Wildman–Crippen LogP) is 1.89. The molecule has 1 aromatic carbocycles. The Bertz CT molecular complexity index is 546. The van der Waals surface area contributed by atoms with Gasteiger partial charge in [-0.3, -0.25) is 0 Å². The Hall–Kier alpha value is -2.29. The van der Waals surface area contributed by atoms with Gasteiger partial charge < -0.3 is 20.8 Å². The molecule has 2 atom stereocenters. The predicted molar refractivity (Wildman–Crippen MR) is 74.9 cm³/mol. The number of aliphatic hydroxyl groups is 1. The molecule has 2 amide bonds. The average Bonchev–Trinajstić information content (AvgIpc) is 2.49. The van der Waals surface area contributed by atoms with Crippen molar-refractivity contribution in [1.29, 1.82) is 0 Å². The molecular formula is C14H17F3N2O4. The Labute approximate surface area is 130 Å². The molecule has 6 nitrogen and oxygen atoms in total. The summed E-state index contributed by atoms with van der Waals surface area (Å²) in [6.45, 7) is 1.41. The van der Waals surface area contributed by atoms with Crippen molar-refractivity contribution < 1.29 is 33.0 Å². The number of amides is 2. The molecule has 0 radical (unpaired) electrons. The molecule has 0 aromatic heterocycles. The summed E-state index contributed by atoms with van der Waals surface area (Å²) in [6, 6.07) is 3.34. The van der Waals surface area contributed by atoms with E-state index < -0.39 is 30.3 Å². The van der Waals surface area contributed by atoms with E-state index in [-0.39, 0.29) is 18.5 Å². The molecule has 0 fully saturated rings. The molecule has 2 unspecified atom stereocenters. The van der Waals surface area contributed by atoms with Crippen molar-refractivity contribution in [3.63, 3.8) is 0 Å². The van der Waals surface area contributed by atoms with Crippen molar-refractivity contribution in [2.45, 2.75) is 38.2 Å². The van der Waals surface area contributed by atoms with Gasteiger partial charge in [0.1, 0.15) is 0 Å². The maximum Gasteiger partial charge on any atom is 0.416 e. The van der Waals surface area contributed by atoms with Crippen LogP contribution >= 0.6 is 0 Å². The van der Waals surface area contributed by atoms with Crippen molar-refractivity contribution in [2.75, 3.05) is 0 Å². The molecule has 0 aliphatic rings. The fourth-order valence-corrected chi connectivity index (χ4v) is 1.80. The first-order valence-electron chi connectivity index (χ1n) is 6.76. The average molecular weight is 334 g/mol. The minimum absolute atomic E-state index is 0.00425. The highest BCUT2D eigenvalue weighted by Crippen LogP contribution is 2.23. The lowest BCUT2D eigenvalue weighted by molar-refractivity contribution is -0.211. The van der Waals surface area contributed by atoms with Crippen LogP contribution in [0.3, 0.4) is 0 Å². The van der Waals surface area contributed by atoms with Crippen LogP contribution in [0.15, 0.2) is 24.3 Å². The molecule has 4 N–H and O–H groups in total. The van der Waals surface area contributed by atoms with Crippen LogP contribution in [-0.2, 0) is 6.54 Å². The molecule has 0 heterocycles. The molecule has 0 saturated heterocycles. The largest absolute Gasteiger partial charge is 0.478 e. The zero-order chi connectivity index (χ0) is 17.6. The molecule has 0 saturated carbocycles. The standard InChI is InChI=1S/C14H17F3N2O4/c1-2-10(11(20)14(15,16)17)19-13(23)18-7-8-3-5-9(6-4-8)12(21)22/h3-6,10-11,20H,2,7H2,1H3,(H,21,22)(H2,18,19,23). The number of aromatic carboxylic acids is 1. The normalized spacial score (nSPS) is 14.0. The Morgan fingerprint density at radius 3 is 2.22 bits per heavy atom. The van der Waals surface area contributed by atoms with Gasteiger partial charge in [-0.05, 0) is 24.1 Å². The van der Waals surface area contributed by atoms with E-state index in [9.17, 15) is 22.8 Å². The molecular weight excluding hydrogens is 317 g/mol. The number of urea groups is 1. The number of carboxylic acids is 1. The lowest BCUT2D eigenvalue weighted by Gasteiger charge is -2.24. The van der Waals surface area contributed by atoms with E-state index in [0.717, 1.165) is 0 Å². The topological polar surface area (TPSA) is 98.7 Å². The molecule has 0 aliphatic carbocycles. The summed E-state index contributed by atoms with van der Waals surface area (Å²) in [5.41, 5.74) is 0.659. The van der Waals surface area contributed by atoms with Gasteiger partial charge in [-0.1, -0.05) is 19.1 Å². The first kappa shape index (κ1) is 18.8. The van der Waals surface area contributed by atoms with Crippen LogP contribution < -0.4 is 10.6 Å². The number of aliphatic hydroxyl groups excluding tert-OH is 1. The summed E-state index contributed by atoms with van der Waals surface area (Å²) in [5.74, 6) is -1.09. The highest BCUT2D eigenvalue weighted by molar-refractivity contribution is 5.87. The molecule has 0 spiro atoms. The van der Waals surface area contributed by atoms with Gasteiger partial charge in [0.15, 0.2) is 6.10 Å². The first-order chi connectivity index (χ1) is 10.6. The summed E-state index contributed by atoms with van der Waals surface area (Å²) in [5, 5.41) is 22.3. The van der Waals surface area contributed by atoms with Crippen LogP contribution in [0.4, 0.5) is 18.0 Å². The number of carbonyl (C=O) groups is 2. The van der Waals surface area contributed by atoms with Crippen molar-refractivity contribution >= 4 is 12.0 Å². The van der Waals surface area contributed by atoms with E-state index >= 15 is 0 Å². The molecule has 1 rings (SSSR count). The highest BCUT2D eigenvalue weighted by Gasteiger charge is 2.43. The van der Waals surface area contributed by atoms with Gasteiger partial charge in [-0.2, -0.15) is 13.2 Å². The number of rotatable bonds is 6. The summed E-state index contributed by atoms with van der Waals surface area (Å²) in [6.07, 6.45) is -7.56. The van der Waals surface area contributed by atoms with Crippen molar-refractivity contribution in [1.82, 2.24) is 10.6 Å². The van der Waals surface area contributed by atoms with Crippen LogP contribution in [0.2, 0.25) is 0 Å². The van der Waals surface area contributed by atoms with Crippen LogP contribution in [0.1, 0.15) is 29.3 Å². The number of benzene rings is 1. The number of alkyl halides is 3. The minimum Gasteiger partial charge on any atom is -0.478 e. The van der Waals surface area contributed by atoms with Crippen molar-refractivity contribution in [2.24, 2.45) is 0 Å². The number of halogens is 3. The van der Waals surface area contributed by atoms with Gasteiger partial charge in [0.25, 0.3) is 0 Å². The zero-order valence-electron chi connectivity index (χ0n) is 12.2. The quantitative estimate of drug-likeness (QED) is 0.638. The van der Waals surface area contributed by atoms with E-state index in [1.165, 1.54) is 31.2 Å². The summed E-state index contributed by atoms with van der Waals surface area (Å²) in [7, 11) is 0.